The second kappa shape index (κ2) is 8.37. The smallest absolute Gasteiger partial charge is 0.298 e. The molecule has 1 atom stereocenters. The van der Waals surface area contributed by atoms with E-state index in [1.807, 2.05) is 31.2 Å². The predicted molar refractivity (Wildman–Crippen MR) is 124 cm³/mol. The van der Waals surface area contributed by atoms with Crippen LogP contribution in [0.4, 0.5) is 0 Å². The number of methoxy groups -OCH3 is 2. The standard InChI is InChI=1S/C25H26N4O4/c1-15-22-16(2)33-27-23(22)25(30)29(26-15)14-28-11-10-18-12-20(31-3)21(32-4)13-19(18)24(28)17-8-6-5-7-9-17/h5-9,12-13,24H,10-11,14H2,1-4H3. The molecule has 0 bridgehead atoms. The number of nitrogens with zero attached hydrogens (tertiary/aromatic N) is 4. The van der Waals surface area contributed by atoms with Crippen molar-refractivity contribution in [2.45, 2.75) is 33.0 Å². The van der Waals surface area contributed by atoms with Gasteiger partial charge >= 0.3 is 0 Å². The van der Waals surface area contributed by atoms with Gasteiger partial charge in [0, 0.05) is 6.54 Å². The van der Waals surface area contributed by atoms with Gasteiger partial charge in [-0.05, 0) is 49.1 Å². The van der Waals surface area contributed by atoms with Gasteiger partial charge in [0.1, 0.15) is 5.76 Å². The summed E-state index contributed by atoms with van der Waals surface area (Å²) in [6.07, 6.45) is 0.818. The van der Waals surface area contributed by atoms with Gasteiger partial charge in [0.25, 0.3) is 5.56 Å². The number of rotatable bonds is 5. The maximum atomic E-state index is 13.2. The third-order valence-corrected chi connectivity index (χ3v) is 6.34. The van der Waals surface area contributed by atoms with Crippen LogP contribution in [0.15, 0.2) is 51.8 Å². The predicted octanol–water partition coefficient (Wildman–Crippen LogP) is 3.62. The highest BCUT2D eigenvalue weighted by molar-refractivity contribution is 5.81. The number of aromatic nitrogens is 3. The zero-order valence-corrected chi connectivity index (χ0v) is 19.2. The molecule has 4 aromatic rings. The van der Waals surface area contributed by atoms with Crippen molar-refractivity contribution >= 4 is 10.9 Å². The van der Waals surface area contributed by atoms with Crippen molar-refractivity contribution in [3.63, 3.8) is 0 Å². The van der Waals surface area contributed by atoms with Crippen LogP contribution in [0.1, 0.15) is 34.2 Å². The molecule has 0 saturated heterocycles. The molecule has 33 heavy (non-hydrogen) atoms. The Hall–Kier alpha value is -3.65. The van der Waals surface area contributed by atoms with Gasteiger partial charge in [-0.25, -0.2) is 4.68 Å². The first-order valence-corrected chi connectivity index (χ1v) is 10.9. The molecular formula is C25H26N4O4. The molecule has 3 heterocycles. The molecule has 0 fully saturated rings. The lowest BCUT2D eigenvalue weighted by atomic mass is 9.88. The normalized spacial score (nSPS) is 16.1. The third-order valence-electron chi connectivity index (χ3n) is 6.34. The van der Waals surface area contributed by atoms with Gasteiger partial charge in [0.2, 0.25) is 0 Å². The molecule has 2 aromatic carbocycles. The van der Waals surface area contributed by atoms with E-state index in [9.17, 15) is 4.79 Å². The van der Waals surface area contributed by atoms with Gasteiger partial charge < -0.3 is 14.0 Å². The number of benzene rings is 2. The fourth-order valence-corrected chi connectivity index (χ4v) is 4.79. The van der Waals surface area contributed by atoms with Crippen molar-refractivity contribution in [3.05, 3.63) is 81.0 Å². The van der Waals surface area contributed by atoms with Gasteiger partial charge in [0.05, 0.1) is 38.0 Å². The highest BCUT2D eigenvalue weighted by atomic mass is 16.5. The van der Waals surface area contributed by atoms with Crippen molar-refractivity contribution < 1.29 is 14.0 Å². The van der Waals surface area contributed by atoms with E-state index < -0.39 is 0 Å². The molecule has 0 aliphatic carbocycles. The molecule has 1 unspecified atom stereocenters. The second-order valence-corrected chi connectivity index (χ2v) is 8.28. The van der Waals surface area contributed by atoms with E-state index in [1.165, 1.54) is 10.2 Å². The van der Waals surface area contributed by atoms with Gasteiger partial charge in [-0.2, -0.15) is 5.10 Å². The first-order chi connectivity index (χ1) is 16.0. The Labute approximate surface area is 191 Å². The maximum Gasteiger partial charge on any atom is 0.298 e. The summed E-state index contributed by atoms with van der Waals surface area (Å²) < 4.78 is 17.9. The summed E-state index contributed by atoms with van der Waals surface area (Å²) in [6.45, 7) is 4.75. The van der Waals surface area contributed by atoms with Gasteiger partial charge in [-0.3, -0.25) is 9.69 Å². The van der Waals surface area contributed by atoms with Gasteiger partial charge in [-0.1, -0.05) is 35.5 Å². The third kappa shape index (κ3) is 3.56. The zero-order chi connectivity index (χ0) is 23.1. The fraction of sp³-hybridized carbons (Fsp3) is 0.320. The van der Waals surface area contributed by atoms with Crippen LogP contribution < -0.4 is 15.0 Å². The van der Waals surface area contributed by atoms with Crippen molar-refractivity contribution in [2.75, 3.05) is 20.8 Å². The lowest BCUT2D eigenvalue weighted by Gasteiger charge is -2.38. The number of fused-ring (bicyclic) bond motifs is 2. The number of ether oxygens (including phenoxy) is 2. The Morgan fingerprint density at radius 3 is 2.55 bits per heavy atom. The maximum absolute atomic E-state index is 13.2. The van der Waals surface area contributed by atoms with Crippen LogP contribution in [0.3, 0.4) is 0 Å². The Balaban J connectivity index is 1.62. The first kappa shape index (κ1) is 21.2. The first-order valence-electron chi connectivity index (χ1n) is 10.9. The Morgan fingerprint density at radius 1 is 1.09 bits per heavy atom. The van der Waals surface area contributed by atoms with Gasteiger partial charge in [-0.15, -0.1) is 0 Å². The largest absolute Gasteiger partial charge is 0.493 e. The summed E-state index contributed by atoms with van der Waals surface area (Å²) in [4.78, 5) is 15.4. The summed E-state index contributed by atoms with van der Waals surface area (Å²) in [5.41, 5.74) is 4.26. The van der Waals surface area contributed by atoms with Crippen LogP contribution in [-0.4, -0.2) is 40.6 Å². The molecule has 0 N–H and O–H groups in total. The van der Waals surface area contributed by atoms with Gasteiger partial charge in [0.15, 0.2) is 17.0 Å². The minimum atomic E-state index is -0.252. The van der Waals surface area contributed by atoms with Crippen LogP contribution in [0.5, 0.6) is 11.5 Å². The van der Waals surface area contributed by atoms with Crippen molar-refractivity contribution in [1.82, 2.24) is 19.8 Å². The minimum Gasteiger partial charge on any atom is -0.493 e. The van der Waals surface area contributed by atoms with E-state index in [4.69, 9.17) is 14.0 Å². The van der Waals surface area contributed by atoms with Crippen LogP contribution in [0, 0.1) is 13.8 Å². The Morgan fingerprint density at radius 2 is 1.82 bits per heavy atom. The molecule has 0 saturated carbocycles. The summed E-state index contributed by atoms with van der Waals surface area (Å²) in [6, 6.07) is 14.3. The minimum absolute atomic E-state index is 0.0708. The van der Waals surface area contributed by atoms with E-state index in [2.05, 4.69) is 33.4 Å². The topological polar surface area (TPSA) is 82.6 Å². The zero-order valence-electron chi connectivity index (χ0n) is 19.2. The lowest BCUT2D eigenvalue weighted by molar-refractivity contribution is 0.152. The van der Waals surface area contributed by atoms with Crippen LogP contribution in [0.25, 0.3) is 10.9 Å². The molecule has 8 nitrogen and oxygen atoms in total. The van der Waals surface area contributed by atoms with Crippen LogP contribution >= 0.6 is 0 Å². The summed E-state index contributed by atoms with van der Waals surface area (Å²) in [5, 5.41) is 9.27. The highest BCUT2D eigenvalue weighted by Crippen LogP contribution is 2.41. The summed E-state index contributed by atoms with van der Waals surface area (Å²) in [5.74, 6) is 2.01. The molecule has 8 heteroatoms. The molecule has 1 aliphatic rings. The molecule has 170 valence electrons. The lowest BCUT2D eigenvalue weighted by Crippen LogP contribution is -2.41. The molecular weight excluding hydrogens is 420 g/mol. The number of aryl methyl sites for hydroxylation is 2. The quantitative estimate of drug-likeness (QED) is 0.463. The van der Waals surface area contributed by atoms with Crippen LogP contribution in [-0.2, 0) is 13.1 Å². The molecule has 2 aromatic heterocycles. The molecule has 5 rings (SSSR count). The van der Waals surface area contributed by atoms with E-state index in [1.54, 1.807) is 21.1 Å². The van der Waals surface area contributed by atoms with E-state index in [0.29, 0.717) is 29.1 Å². The van der Waals surface area contributed by atoms with Crippen molar-refractivity contribution in [3.8, 4) is 11.5 Å². The van der Waals surface area contributed by atoms with E-state index >= 15 is 0 Å². The molecule has 1 aliphatic heterocycles. The number of hydrogen-bond acceptors (Lipinski definition) is 7. The highest BCUT2D eigenvalue weighted by Gasteiger charge is 2.31. The Bertz CT molecular complexity index is 1380. The molecule has 0 radical (unpaired) electrons. The van der Waals surface area contributed by atoms with E-state index in [-0.39, 0.29) is 11.6 Å². The molecule has 0 amide bonds. The average Bonchev–Trinajstić information content (AvgIpc) is 3.24. The second-order valence-electron chi connectivity index (χ2n) is 8.28. The number of hydrogen-bond donors (Lipinski definition) is 0. The van der Waals surface area contributed by atoms with Crippen LogP contribution in [0.2, 0.25) is 0 Å². The van der Waals surface area contributed by atoms with E-state index in [0.717, 1.165) is 35.5 Å². The Kier molecular flexibility index (Phi) is 5.38. The molecule has 0 spiro atoms. The fourth-order valence-electron chi connectivity index (χ4n) is 4.79. The van der Waals surface area contributed by atoms with Crippen molar-refractivity contribution in [1.29, 1.82) is 0 Å². The summed E-state index contributed by atoms with van der Waals surface area (Å²) >= 11 is 0. The monoisotopic (exact) mass is 446 g/mol. The SMILES string of the molecule is COc1cc2c(cc1OC)C(c1ccccc1)N(Cn1nc(C)c3c(C)onc3c1=O)CC2. The average molecular weight is 447 g/mol. The van der Waals surface area contributed by atoms with Crippen molar-refractivity contribution in [2.24, 2.45) is 0 Å². The summed E-state index contributed by atoms with van der Waals surface area (Å²) in [7, 11) is 3.29.